The summed E-state index contributed by atoms with van der Waals surface area (Å²) < 4.78 is 7.12. The van der Waals surface area contributed by atoms with Crippen LogP contribution < -0.4 is 10.6 Å². The van der Waals surface area contributed by atoms with Crippen LogP contribution >= 0.6 is 24.8 Å². The first-order valence-corrected chi connectivity index (χ1v) is 7.31. The minimum Gasteiger partial charge on any atom is -0.383 e. The maximum atomic E-state index is 11.6. The maximum Gasteiger partial charge on any atom is 0.233 e. The summed E-state index contributed by atoms with van der Waals surface area (Å²) in [6, 6.07) is 10.4. The van der Waals surface area contributed by atoms with Crippen LogP contribution in [0.3, 0.4) is 0 Å². The lowest BCUT2D eigenvalue weighted by Gasteiger charge is -2.08. The average Bonchev–Trinajstić information content (AvgIpc) is 2.91. The second-order valence-corrected chi connectivity index (χ2v) is 4.94. The summed E-state index contributed by atoms with van der Waals surface area (Å²) in [5.41, 5.74) is 1.24. The molecule has 0 radical (unpaired) electrons. The molecule has 0 aliphatic rings. The van der Waals surface area contributed by atoms with Crippen LogP contribution in [0.2, 0.25) is 0 Å². The summed E-state index contributed by atoms with van der Waals surface area (Å²) in [5, 5.41) is 7.19. The van der Waals surface area contributed by atoms with Crippen LogP contribution in [0.1, 0.15) is 6.42 Å². The Balaban J connectivity index is 0.00000242. The van der Waals surface area contributed by atoms with Gasteiger partial charge in [-0.25, -0.2) is 0 Å². The molecule has 23 heavy (non-hydrogen) atoms. The molecule has 1 aromatic heterocycles. The summed E-state index contributed by atoms with van der Waals surface area (Å²) in [6.45, 7) is 3.26. The lowest BCUT2D eigenvalue weighted by atomic mass is 10.2. The molecule has 7 heteroatoms. The fourth-order valence-corrected chi connectivity index (χ4v) is 2.25. The highest BCUT2D eigenvalue weighted by molar-refractivity contribution is 5.85. The first-order chi connectivity index (χ1) is 10.3. The number of nitrogens with zero attached hydrogens (tertiary/aromatic N) is 1. The lowest BCUT2D eigenvalue weighted by Crippen LogP contribution is -2.35. The number of rotatable bonds is 9. The molecule has 0 unspecified atom stereocenters. The van der Waals surface area contributed by atoms with Gasteiger partial charge in [0, 0.05) is 38.5 Å². The number of halogens is 2. The number of hydrogen-bond donors (Lipinski definition) is 2. The van der Waals surface area contributed by atoms with Crippen molar-refractivity contribution in [3.05, 3.63) is 36.5 Å². The van der Waals surface area contributed by atoms with Crippen LogP contribution in [-0.2, 0) is 16.1 Å². The fraction of sp³-hybridized carbons (Fsp3) is 0.438. The highest BCUT2D eigenvalue weighted by Gasteiger charge is 2.01. The van der Waals surface area contributed by atoms with Crippen LogP contribution in [0.15, 0.2) is 36.5 Å². The Morgan fingerprint density at radius 3 is 2.74 bits per heavy atom. The van der Waals surface area contributed by atoms with E-state index >= 15 is 0 Å². The van der Waals surface area contributed by atoms with Gasteiger partial charge in [-0.05, 0) is 23.9 Å². The van der Waals surface area contributed by atoms with E-state index in [0.29, 0.717) is 26.2 Å². The Labute approximate surface area is 149 Å². The molecule has 1 aromatic carbocycles. The van der Waals surface area contributed by atoms with E-state index in [4.69, 9.17) is 4.74 Å². The molecule has 0 bridgehead atoms. The summed E-state index contributed by atoms with van der Waals surface area (Å²) in [6.07, 6.45) is 3.02. The number of carbonyl (C=O) groups is 1. The van der Waals surface area contributed by atoms with E-state index in [9.17, 15) is 4.79 Å². The van der Waals surface area contributed by atoms with Crippen molar-refractivity contribution in [2.45, 2.75) is 13.0 Å². The van der Waals surface area contributed by atoms with Crippen molar-refractivity contribution in [3.63, 3.8) is 0 Å². The van der Waals surface area contributed by atoms with Gasteiger partial charge in [-0.3, -0.25) is 4.79 Å². The van der Waals surface area contributed by atoms with E-state index in [-0.39, 0.29) is 30.7 Å². The molecule has 1 heterocycles. The van der Waals surface area contributed by atoms with Crippen molar-refractivity contribution in [2.24, 2.45) is 0 Å². The average molecular weight is 362 g/mol. The van der Waals surface area contributed by atoms with Crippen molar-refractivity contribution in [1.29, 1.82) is 0 Å². The van der Waals surface area contributed by atoms with Gasteiger partial charge >= 0.3 is 0 Å². The highest BCUT2D eigenvalue weighted by atomic mass is 35.5. The quantitative estimate of drug-likeness (QED) is 0.673. The normalized spacial score (nSPS) is 9.96. The molecule has 0 aliphatic heterocycles. The van der Waals surface area contributed by atoms with Crippen molar-refractivity contribution in [3.8, 4) is 0 Å². The number of nitrogens with one attached hydrogen (secondary N) is 2. The monoisotopic (exact) mass is 361 g/mol. The number of aromatic nitrogens is 1. The van der Waals surface area contributed by atoms with Crippen molar-refractivity contribution >= 4 is 41.6 Å². The van der Waals surface area contributed by atoms with Crippen molar-refractivity contribution in [2.75, 3.05) is 33.4 Å². The highest BCUT2D eigenvalue weighted by Crippen LogP contribution is 2.14. The third kappa shape index (κ3) is 7.22. The summed E-state index contributed by atoms with van der Waals surface area (Å²) in [5.74, 6) is 0.0310. The van der Waals surface area contributed by atoms with Gasteiger partial charge < -0.3 is 19.9 Å². The molecule has 2 aromatic rings. The Kier molecular flexibility index (Phi) is 11.5. The first kappa shape index (κ1) is 21.7. The van der Waals surface area contributed by atoms with Gasteiger partial charge in [0.2, 0.25) is 5.91 Å². The van der Waals surface area contributed by atoms with Gasteiger partial charge in [-0.15, -0.1) is 24.8 Å². The van der Waals surface area contributed by atoms with Crippen LogP contribution in [0.4, 0.5) is 0 Å². The lowest BCUT2D eigenvalue weighted by molar-refractivity contribution is -0.120. The summed E-state index contributed by atoms with van der Waals surface area (Å²) >= 11 is 0. The number of carbonyl (C=O) groups excluding carboxylic acids is 1. The maximum absolute atomic E-state index is 11.6. The van der Waals surface area contributed by atoms with E-state index in [2.05, 4.69) is 39.6 Å². The molecule has 2 N–H and O–H groups in total. The number of amides is 1. The van der Waals surface area contributed by atoms with Crippen LogP contribution in [0.5, 0.6) is 0 Å². The Hall–Kier alpha value is -1.27. The van der Waals surface area contributed by atoms with Crippen LogP contribution in [0.25, 0.3) is 10.9 Å². The standard InChI is InChI=1S/C16H23N3O2.2ClH/c1-21-12-9-17-13-16(20)18-8-4-10-19-11-7-14-5-2-3-6-15(14)19;;/h2-3,5-7,11,17H,4,8-10,12-13H2,1H3,(H,18,20);2*1H. The molecule has 130 valence electrons. The number of benzene rings is 1. The summed E-state index contributed by atoms with van der Waals surface area (Å²) in [4.78, 5) is 11.6. The van der Waals surface area contributed by atoms with E-state index < -0.39 is 0 Å². The van der Waals surface area contributed by atoms with E-state index in [1.807, 2.05) is 12.1 Å². The Morgan fingerprint density at radius 2 is 1.96 bits per heavy atom. The molecular formula is C16H25Cl2N3O2. The second kappa shape index (κ2) is 12.2. The number of ether oxygens (including phenoxy) is 1. The summed E-state index contributed by atoms with van der Waals surface area (Å²) in [7, 11) is 1.65. The molecule has 0 fully saturated rings. The van der Waals surface area contributed by atoms with Crippen LogP contribution in [0, 0.1) is 0 Å². The number of para-hydroxylation sites is 1. The predicted molar refractivity (Wildman–Crippen MR) is 98.8 cm³/mol. The van der Waals surface area contributed by atoms with Crippen LogP contribution in [-0.4, -0.2) is 43.8 Å². The smallest absolute Gasteiger partial charge is 0.233 e. The molecular weight excluding hydrogens is 337 g/mol. The zero-order valence-corrected chi connectivity index (χ0v) is 14.9. The molecule has 1 amide bonds. The van der Waals surface area contributed by atoms with Gasteiger partial charge in [-0.2, -0.15) is 0 Å². The minimum atomic E-state index is 0. The number of hydrogen-bond acceptors (Lipinski definition) is 3. The third-order valence-electron chi connectivity index (χ3n) is 3.35. The van der Waals surface area contributed by atoms with Gasteiger partial charge in [0.05, 0.1) is 13.2 Å². The molecule has 0 saturated carbocycles. The topological polar surface area (TPSA) is 55.3 Å². The Bertz CT molecular complexity index is 575. The molecule has 0 saturated heterocycles. The minimum absolute atomic E-state index is 0. The Morgan fingerprint density at radius 1 is 1.17 bits per heavy atom. The van der Waals surface area contributed by atoms with Gasteiger partial charge in [0.15, 0.2) is 0 Å². The fourth-order valence-electron chi connectivity index (χ4n) is 2.25. The van der Waals surface area contributed by atoms with Gasteiger partial charge in [0.1, 0.15) is 0 Å². The SMILES string of the molecule is COCCNCC(=O)NCCCn1ccc2ccccc21.Cl.Cl. The zero-order valence-electron chi connectivity index (χ0n) is 13.3. The van der Waals surface area contributed by atoms with Crippen molar-refractivity contribution in [1.82, 2.24) is 15.2 Å². The third-order valence-corrected chi connectivity index (χ3v) is 3.35. The number of aryl methyl sites for hydroxylation is 1. The zero-order chi connectivity index (χ0) is 14.9. The molecule has 0 aliphatic carbocycles. The first-order valence-electron chi connectivity index (χ1n) is 7.31. The van der Waals surface area contributed by atoms with Crippen molar-refractivity contribution < 1.29 is 9.53 Å². The van der Waals surface area contributed by atoms with E-state index in [1.165, 1.54) is 10.9 Å². The van der Waals surface area contributed by atoms with Gasteiger partial charge in [-0.1, -0.05) is 18.2 Å². The molecule has 2 rings (SSSR count). The number of fused-ring (bicyclic) bond motifs is 1. The van der Waals surface area contributed by atoms with E-state index in [1.54, 1.807) is 7.11 Å². The predicted octanol–water partition coefficient (Wildman–Crippen LogP) is 2.23. The molecule has 0 spiro atoms. The molecule has 5 nitrogen and oxygen atoms in total. The number of methoxy groups -OCH3 is 1. The molecule has 0 atom stereocenters. The second-order valence-electron chi connectivity index (χ2n) is 4.94. The van der Waals surface area contributed by atoms with E-state index in [0.717, 1.165) is 13.0 Å². The largest absolute Gasteiger partial charge is 0.383 e. The van der Waals surface area contributed by atoms with Gasteiger partial charge in [0.25, 0.3) is 0 Å².